The molecule has 0 saturated heterocycles. The Morgan fingerprint density at radius 3 is 2.15 bits per heavy atom. The highest BCUT2D eigenvalue weighted by molar-refractivity contribution is 5.69. The van der Waals surface area contributed by atoms with Crippen LogP contribution in [-0.4, -0.2) is 27.0 Å². The van der Waals surface area contributed by atoms with Crippen molar-refractivity contribution in [3.63, 3.8) is 0 Å². The molecule has 0 atom stereocenters. The van der Waals surface area contributed by atoms with Crippen molar-refractivity contribution in [2.24, 2.45) is 0 Å². The zero-order chi connectivity index (χ0) is 15.2. The minimum Gasteiger partial charge on any atom is -0.364 e. The lowest BCUT2D eigenvalue weighted by atomic mass is 9.90. The zero-order valence-electron chi connectivity index (χ0n) is 12.6. The third kappa shape index (κ3) is 3.34. The minimum atomic E-state index is -0.438. The normalized spacial score (nSPS) is 11.2. The fourth-order valence-electron chi connectivity index (χ4n) is 2.21. The molecule has 0 fully saturated rings. The van der Waals surface area contributed by atoms with Gasteiger partial charge in [0.1, 0.15) is 6.33 Å². The van der Waals surface area contributed by atoms with E-state index in [2.05, 4.69) is 41.4 Å². The van der Waals surface area contributed by atoms with Crippen LogP contribution in [0.3, 0.4) is 0 Å². The van der Waals surface area contributed by atoms with Crippen molar-refractivity contribution in [1.29, 1.82) is 0 Å². The quantitative estimate of drug-likeness (QED) is 0.561. The molecule has 1 rings (SSSR count). The summed E-state index contributed by atoms with van der Waals surface area (Å²) in [6.07, 6.45) is 3.96. The molecule has 0 spiro atoms. The van der Waals surface area contributed by atoms with E-state index in [1.807, 2.05) is 6.92 Å². The topological polar surface area (TPSA) is 93.0 Å². The molecule has 112 valence electrons. The molecule has 0 aliphatic carbocycles. The maximum atomic E-state index is 11.3. The van der Waals surface area contributed by atoms with Crippen LogP contribution in [-0.2, 0) is 0 Å². The molecule has 2 N–H and O–H groups in total. The van der Waals surface area contributed by atoms with Gasteiger partial charge in [0.2, 0.25) is 11.6 Å². The minimum absolute atomic E-state index is 0.0888. The number of nitrogens with one attached hydrogen (secondary N) is 2. The zero-order valence-corrected chi connectivity index (χ0v) is 12.6. The molecule has 0 aliphatic rings. The second kappa shape index (κ2) is 7.02. The molecular weight excluding hydrogens is 258 g/mol. The van der Waals surface area contributed by atoms with Crippen LogP contribution in [0, 0.1) is 10.1 Å². The Labute approximate surface area is 119 Å². The van der Waals surface area contributed by atoms with E-state index in [1.165, 1.54) is 6.33 Å². The summed E-state index contributed by atoms with van der Waals surface area (Å²) >= 11 is 0. The van der Waals surface area contributed by atoms with Gasteiger partial charge in [0.15, 0.2) is 0 Å². The highest BCUT2D eigenvalue weighted by atomic mass is 16.6. The Morgan fingerprint density at radius 1 is 1.15 bits per heavy atom. The number of anilines is 2. The molecule has 1 aromatic heterocycles. The Hall–Kier alpha value is -1.92. The van der Waals surface area contributed by atoms with Gasteiger partial charge in [-0.1, -0.05) is 20.8 Å². The van der Waals surface area contributed by atoms with Gasteiger partial charge in [-0.3, -0.25) is 10.1 Å². The molecule has 0 amide bonds. The van der Waals surface area contributed by atoms with Crippen LogP contribution in [0.25, 0.3) is 0 Å². The maximum Gasteiger partial charge on any atom is 0.353 e. The van der Waals surface area contributed by atoms with E-state index < -0.39 is 4.92 Å². The lowest BCUT2D eigenvalue weighted by molar-refractivity contribution is -0.383. The molecule has 7 heteroatoms. The van der Waals surface area contributed by atoms with Crippen LogP contribution >= 0.6 is 0 Å². The molecule has 0 radical (unpaired) electrons. The first-order valence-corrected chi connectivity index (χ1v) is 7.05. The molecule has 1 aromatic rings. The van der Waals surface area contributed by atoms with Gasteiger partial charge in [0.05, 0.1) is 4.92 Å². The fourth-order valence-corrected chi connectivity index (χ4v) is 2.21. The number of aromatic nitrogens is 2. The van der Waals surface area contributed by atoms with E-state index in [9.17, 15) is 10.1 Å². The number of hydrogen-bond acceptors (Lipinski definition) is 6. The standard InChI is InChI=1S/C13H23N5O2/c1-5-13(6-2,7-3)17-12-10(18(19)20)11(14-8-4)15-9-16-12/h9H,5-8H2,1-4H3,(H2,14,15,16,17). The Balaban J connectivity index is 3.23. The van der Waals surface area contributed by atoms with E-state index in [0.717, 1.165) is 19.3 Å². The summed E-state index contributed by atoms with van der Waals surface area (Å²) in [5.74, 6) is 0.540. The summed E-state index contributed by atoms with van der Waals surface area (Å²) in [5.41, 5.74) is -0.267. The van der Waals surface area contributed by atoms with Gasteiger partial charge in [-0.2, -0.15) is 0 Å². The van der Waals surface area contributed by atoms with Crippen LogP contribution in [0.2, 0.25) is 0 Å². The van der Waals surface area contributed by atoms with Crippen molar-refractivity contribution in [2.45, 2.75) is 52.5 Å². The lowest BCUT2D eigenvalue weighted by Crippen LogP contribution is -2.36. The highest BCUT2D eigenvalue weighted by Gasteiger charge is 2.30. The third-order valence-electron chi connectivity index (χ3n) is 3.76. The van der Waals surface area contributed by atoms with E-state index in [1.54, 1.807) is 0 Å². The van der Waals surface area contributed by atoms with E-state index in [-0.39, 0.29) is 22.9 Å². The van der Waals surface area contributed by atoms with Crippen LogP contribution in [0.1, 0.15) is 47.0 Å². The summed E-state index contributed by atoms with van der Waals surface area (Å²) in [4.78, 5) is 18.9. The van der Waals surface area contributed by atoms with Crippen molar-refractivity contribution in [3.05, 3.63) is 16.4 Å². The van der Waals surface area contributed by atoms with E-state index in [4.69, 9.17) is 0 Å². The number of rotatable bonds is 8. The van der Waals surface area contributed by atoms with Crippen molar-refractivity contribution in [1.82, 2.24) is 9.97 Å². The summed E-state index contributed by atoms with van der Waals surface area (Å²) in [6.45, 7) is 8.64. The summed E-state index contributed by atoms with van der Waals surface area (Å²) in [6, 6.07) is 0. The van der Waals surface area contributed by atoms with Crippen LogP contribution in [0.4, 0.5) is 17.3 Å². The van der Waals surface area contributed by atoms with Crippen LogP contribution in [0.5, 0.6) is 0 Å². The van der Waals surface area contributed by atoms with Crippen molar-refractivity contribution >= 4 is 17.3 Å². The molecule has 0 aromatic carbocycles. The summed E-state index contributed by atoms with van der Waals surface area (Å²) in [5, 5.41) is 17.5. The molecule has 20 heavy (non-hydrogen) atoms. The first kappa shape index (κ1) is 16.1. The van der Waals surface area contributed by atoms with Gasteiger partial charge >= 0.3 is 5.69 Å². The second-order valence-corrected chi connectivity index (χ2v) is 4.67. The van der Waals surface area contributed by atoms with Gasteiger partial charge in [-0.15, -0.1) is 0 Å². The third-order valence-corrected chi connectivity index (χ3v) is 3.76. The van der Waals surface area contributed by atoms with Crippen molar-refractivity contribution < 1.29 is 4.92 Å². The van der Waals surface area contributed by atoms with Crippen molar-refractivity contribution in [3.8, 4) is 0 Å². The summed E-state index contributed by atoms with van der Waals surface area (Å²) < 4.78 is 0. The van der Waals surface area contributed by atoms with E-state index >= 15 is 0 Å². The molecule has 1 heterocycles. The summed E-state index contributed by atoms with van der Waals surface area (Å²) in [7, 11) is 0. The molecule has 7 nitrogen and oxygen atoms in total. The van der Waals surface area contributed by atoms with Gasteiger partial charge < -0.3 is 10.6 Å². The smallest absolute Gasteiger partial charge is 0.353 e. The first-order valence-electron chi connectivity index (χ1n) is 7.05. The average molecular weight is 281 g/mol. The average Bonchev–Trinajstić information content (AvgIpc) is 2.45. The van der Waals surface area contributed by atoms with E-state index in [0.29, 0.717) is 6.54 Å². The SMILES string of the molecule is CCNc1ncnc(NC(CC)(CC)CC)c1[N+](=O)[O-]. The van der Waals surface area contributed by atoms with Crippen molar-refractivity contribution in [2.75, 3.05) is 17.2 Å². The second-order valence-electron chi connectivity index (χ2n) is 4.67. The largest absolute Gasteiger partial charge is 0.364 e. The predicted molar refractivity (Wildman–Crippen MR) is 80.1 cm³/mol. The molecule has 0 aliphatic heterocycles. The molecule has 0 bridgehead atoms. The monoisotopic (exact) mass is 281 g/mol. The van der Waals surface area contributed by atoms with Gasteiger partial charge in [0, 0.05) is 12.1 Å². The molecular formula is C13H23N5O2. The van der Waals surface area contributed by atoms with Gasteiger partial charge in [-0.05, 0) is 26.2 Å². The molecule has 0 saturated carbocycles. The van der Waals surface area contributed by atoms with Crippen LogP contribution < -0.4 is 10.6 Å². The number of nitro groups is 1. The number of hydrogen-bond donors (Lipinski definition) is 2. The maximum absolute atomic E-state index is 11.3. The Morgan fingerprint density at radius 2 is 1.70 bits per heavy atom. The Kier molecular flexibility index (Phi) is 5.66. The Bertz CT molecular complexity index is 452. The first-order chi connectivity index (χ1) is 9.53. The lowest BCUT2D eigenvalue weighted by Gasteiger charge is -2.32. The highest BCUT2D eigenvalue weighted by Crippen LogP contribution is 2.33. The van der Waals surface area contributed by atoms with Gasteiger partial charge in [-0.25, -0.2) is 9.97 Å². The predicted octanol–water partition coefficient (Wildman–Crippen LogP) is 3.20. The fraction of sp³-hybridized carbons (Fsp3) is 0.692. The van der Waals surface area contributed by atoms with Crippen LogP contribution in [0.15, 0.2) is 6.33 Å². The number of nitrogens with zero attached hydrogens (tertiary/aromatic N) is 3. The van der Waals surface area contributed by atoms with Gasteiger partial charge in [0.25, 0.3) is 0 Å². The molecule has 0 unspecified atom stereocenters.